The van der Waals surface area contributed by atoms with E-state index in [1.54, 1.807) is 17.8 Å². The summed E-state index contributed by atoms with van der Waals surface area (Å²) in [4.78, 5) is 8.46. The van der Waals surface area contributed by atoms with Crippen LogP contribution in [0.2, 0.25) is 0 Å². The van der Waals surface area contributed by atoms with E-state index in [1.807, 2.05) is 6.92 Å². The van der Waals surface area contributed by atoms with Crippen LogP contribution in [0.5, 0.6) is 5.88 Å². The molecule has 0 amide bonds. The van der Waals surface area contributed by atoms with Gasteiger partial charge in [-0.05, 0) is 39.0 Å². The lowest BCUT2D eigenvalue weighted by molar-refractivity contribution is 0.326. The minimum atomic E-state index is 0.628. The summed E-state index contributed by atoms with van der Waals surface area (Å²) in [6.07, 6.45) is 10.4. The smallest absolute Gasteiger partial charge is 0.225 e. The van der Waals surface area contributed by atoms with Crippen LogP contribution in [0.3, 0.4) is 0 Å². The fraction of sp³-hybridized carbons (Fsp3) is 0.571. The highest BCUT2D eigenvalue weighted by molar-refractivity contribution is 5.27. The van der Waals surface area contributed by atoms with Gasteiger partial charge in [0.15, 0.2) is 0 Å². The van der Waals surface area contributed by atoms with Crippen LogP contribution in [0.4, 0.5) is 5.95 Å². The van der Waals surface area contributed by atoms with Gasteiger partial charge in [-0.1, -0.05) is 11.6 Å². The summed E-state index contributed by atoms with van der Waals surface area (Å²) < 4.78 is 5.34. The normalized spacial score (nSPS) is 15.1. The molecule has 0 aliphatic heterocycles. The molecule has 98 valence electrons. The number of aromatic nitrogens is 2. The van der Waals surface area contributed by atoms with Crippen LogP contribution in [0.15, 0.2) is 23.9 Å². The van der Waals surface area contributed by atoms with Gasteiger partial charge in [0, 0.05) is 18.8 Å². The minimum absolute atomic E-state index is 0.628. The lowest BCUT2D eigenvalue weighted by Crippen LogP contribution is -2.08. The number of anilines is 1. The number of hydrogen-bond donors (Lipinski definition) is 1. The molecule has 1 heterocycles. The van der Waals surface area contributed by atoms with E-state index in [4.69, 9.17) is 4.74 Å². The first-order valence-electron chi connectivity index (χ1n) is 6.76. The molecule has 0 spiro atoms. The van der Waals surface area contributed by atoms with Crippen molar-refractivity contribution < 1.29 is 4.74 Å². The van der Waals surface area contributed by atoms with E-state index < -0.39 is 0 Å². The van der Waals surface area contributed by atoms with Crippen LogP contribution >= 0.6 is 0 Å². The van der Waals surface area contributed by atoms with Crippen molar-refractivity contribution in [1.82, 2.24) is 9.97 Å². The Bertz CT molecular complexity index is 404. The zero-order valence-electron chi connectivity index (χ0n) is 11.0. The van der Waals surface area contributed by atoms with E-state index in [0.29, 0.717) is 18.4 Å². The molecule has 0 aromatic carbocycles. The van der Waals surface area contributed by atoms with Gasteiger partial charge in [-0.3, -0.25) is 0 Å². The summed E-state index contributed by atoms with van der Waals surface area (Å²) in [5.41, 5.74) is 1.56. The maximum Gasteiger partial charge on any atom is 0.225 e. The van der Waals surface area contributed by atoms with Gasteiger partial charge in [-0.15, -0.1) is 0 Å². The molecule has 4 heteroatoms. The first-order chi connectivity index (χ1) is 8.88. The highest BCUT2D eigenvalue weighted by atomic mass is 16.5. The number of allylic oxidation sites excluding steroid dienone is 1. The molecule has 1 aliphatic carbocycles. The molecule has 18 heavy (non-hydrogen) atoms. The van der Waals surface area contributed by atoms with Crippen LogP contribution in [0.25, 0.3) is 0 Å². The van der Waals surface area contributed by atoms with Gasteiger partial charge >= 0.3 is 0 Å². The van der Waals surface area contributed by atoms with E-state index in [-0.39, 0.29) is 0 Å². The lowest BCUT2D eigenvalue weighted by Gasteiger charge is -2.13. The van der Waals surface area contributed by atoms with Crippen molar-refractivity contribution in [3.8, 4) is 5.88 Å². The number of nitrogens with one attached hydrogen (secondary N) is 1. The van der Waals surface area contributed by atoms with E-state index in [2.05, 4.69) is 21.4 Å². The number of ether oxygens (including phenoxy) is 1. The Kier molecular flexibility index (Phi) is 5.00. The third-order valence-electron chi connectivity index (χ3n) is 3.04. The van der Waals surface area contributed by atoms with Gasteiger partial charge in [-0.2, -0.15) is 4.98 Å². The third-order valence-corrected chi connectivity index (χ3v) is 3.04. The molecule has 0 unspecified atom stereocenters. The molecular weight excluding hydrogens is 226 g/mol. The van der Waals surface area contributed by atoms with Crippen molar-refractivity contribution in [2.45, 2.75) is 39.0 Å². The molecule has 0 bridgehead atoms. The molecule has 0 saturated heterocycles. The Morgan fingerprint density at radius 1 is 1.39 bits per heavy atom. The van der Waals surface area contributed by atoms with Crippen LogP contribution in [0.1, 0.15) is 39.0 Å². The maximum absolute atomic E-state index is 5.34. The second-order valence-corrected chi connectivity index (χ2v) is 4.44. The summed E-state index contributed by atoms with van der Waals surface area (Å²) in [6.45, 7) is 3.47. The van der Waals surface area contributed by atoms with Crippen molar-refractivity contribution in [3.05, 3.63) is 23.9 Å². The Hall–Kier alpha value is -1.58. The zero-order chi connectivity index (χ0) is 12.6. The molecular formula is C14H21N3O. The summed E-state index contributed by atoms with van der Waals surface area (Å²) in [6, 6.07) is 1.78. The third kappa shape index (κ3) is 4.02. The van der Waals surface area contributed by atoms with Crippen LogP contribution in [0, 0.1) is 0 Å². The molecule has 1 aromatic rings. The lowest BCUT2D eigenvalue weighted by atomic mass is 9.97. The van der Waals surface area contributed by atoms with Gasteiger partial charge in [0.25, 0.3) is 0 Å². The van der Waals surface area contributed by atoms with Crippen LogP contribution in [-0.2, 0) is 0 Å². The van der Waals surface area contributed by atoms with E-state index >= 15 is 0 Å². The molecule has 0 radical (unpaired) electrons. The van der Waals surface area contributed by atoms with Gasteiger partial charge in [0.2, 0.25) is 11.8 Å². The predicted octanol–water partition coefficient (Wildman–Crippen LogP) is 3.18. The SMILES string of the molecule is CCOc1ccnc(NCCC2=CCCCC2)n1. The fourth-order valence-electron chi connectivity index (χ4n) is 2.12. The number of hydrogen-bond acceptors (Lipinski definition) is 4. The maximum atomic E-state index is 5.34. The average Bonchev–Trinajstić information content (AvgIpc) is 2.41. The predicted molar refractivity (Wildman–Crippen MR) is 72.9 cm³/mol. The molecule has 1 aromatic heterocycles. The second kappa shape index (κ2) is 6.99. The van der Waals surface area contributed by atoms with E-state index in [0.717, 1.165) is 13.0 Å². The van der Waals surface area contributed by atoms with Gasteiger partial charge in [0.05, 0.1) is 6.61 Å². The number of nitrogens with zero attached hydrogens (tertiary/aromatic N) is 2. The van der Waals surface area contributed by atoms with E-state index in [1.165, 1.54) is 25.7 Å². The molecule has 1 N–H and O–H groups in total. The molecule has 1 aliphatic rings. The topological polar surface area (TPSA) is 47.0 Å². The zero-order valence-corrected chi connectivity index (χ0v) is 11.0. The second-order valence-electron chi connectivity index (χ2n) is 4.44. The standard InChI is InChI=1S/C14H21N3O/c1-2-18-13-9-11-16-14(17-13)15-10-8-12-6-4-3-5-7-12/h6,9,11H,2-5,7-8,10H2,1H3,(H,15,16,17). The Morgan fingerprint density at radius 2 is 2.33 bits per heavy atom. The molecule has 0 atom stereocenters. The van der Waals surface area contributed by atoms with Gasteiger partial charge in [-0.25, -0.2) is 4.98 Å². The van der Waals surface area contributed by atoms with Crippen LogP contribution < -0.4 is 10.1 Å². The van der Waals surface area contributed by atoms with Crippen LogP contribution in [-0.4, -0.2) is 23.1 Å². The molecule has 0 saturated carbocycles. The molecule has 2 rings (SSSR count). The summed E-state index contributed by atoms with van der Waals surface area (Å²) in [5, 5.41) is 3.25. The minimum Gasteiger partial charge on any atom is -0.478 e. The summed E-state index contributed by atoms with van der Waals surface area (Å²) >= 11 is 0. The van der Waals surface area contributed by atoms with Crippen molar-refractivity contribution >= 4 is 5.95 Å². The Balaban J connectivity index is 1.78. The first kappa shape index (κ1) is 12.9. The van der Waals surface area contributed by atoms with E-state index in [9.17, 15) is 0 Å². The Labute approximate surface area is 108 Å². The van der Waals surface area contributed by atoms with Crippen molar-refractivity contribution in [3.63, 3.8) is 0 Å². The molecule has 4 nitrogen and oxygen atoms in total. The highest BCUT2D eigenvalue weighted by Crippen LogP contribution is 2.19. The summed E-state index contributed by atoms with van der Waals surface area (Å²) in [5.74, 6) is 1.28. The molecule has 0 fully saturated rings. The Morgan fingerprint density at radius 3 is 3.11 bits per heavy atom. The highest BCUT2D eigenvalue weighted by Gasteiger charge is 2.04. The van der Waals surface area contributed by atoms with Crippen molar-refractivity contribution in [2.75, 3.05) is 18.5 Å². The van der Waals surface area contributed by atoms with Crippen molar-refractivity contribution in [2.24, 2.45) is 0 Å². The largest absolute Gasteiger partial charge is 0.478 e. The fourth-order valence-corrected chi connectivity index (χ4v) is 2.12. The average molecular weight is 247 g/mol. The van der Waals surface area contributed by atoms with Gasteiger partial charge < -0.3 is 10.1 Å². The summed E-state index contributed by atoms with van der Waals surface area (Å²) in [7, 11) is 0. The monoisotopic (exact) mass is 247 g/mol. The number of rotatable bonds is 6. The van der Waals surface area contributed by atoms with Crippen molar-refractivity contribution in [1.29, 1.82) is 0 Å². The first-order valence-corrected chi connectivity index (χ1v) is 6.76. The van der Waals surface area contributed by atoms with Gasteiger partial charge in [0.1, 0.15) is 0 Å². The quantitative estimate of drug-likeness (QED) is 0.784.